The van der Waals surface area contributed by atoms with Crippen molar-refractivity contribution in [3.63, 3.8) is 0 Å². The Morgan fingerprint density at radius 3 is 2.62 bits per heavy atom. The van der Waals surface area contributed by atoms with Crippen LogP contribution in [0.5, 0.6) is 0 Å². The molecule has 2 rings (SSSR count). The van der Waals surface area contributed by atoms with Gasteiger partial charge in [-0.3, -0.25) is 4.79 Å². The maximum atomic E-state index is 12.8. The molecule has 0 saturated heterocycles. The number of anilines is 2. The number of aromatic nitrogens is 2. The van der Waals surface area contributed by atoms with E-state index in [1.165, 1.54) is 0 Å². The number of nitrogens with one attached hydrogen (secondary N) is 1. The highest BCUT2D eigenvalue weighted by molar-refractivity contribution is 6.33. The Labute approximate surface area is 147 Å². The molecular formula is C18H24ClN3O2. The molecule has 0 spiro atoms. The monoisotopic (exact) mass is 349 g/mol. The minimum Gasteiger partial charge on any atom is -0.383 e. The topological polar surface area (TPSA) is 56.1 Å². The summed E-state index contributed by atoms with van der Waals surface area (Å²) >= 11 is 6.34. The number of rotatable bonds is 6. The third-order valence-corrected chi connectivity index (χ3v) is 4.25. The maximum absolute atomic E-state index is 12.8. The molecule has 0 aliphatic rings. The normalized spacial score (nSPS) is 12.2. The van der Waals surface area contributed by atoms with E-state index >= 15 is 0 Å². The zero-order valence-electron chi connectivity index (χ0n) is 14.8. The summed E-state index contributed by atoms with van der Waals surface area (Å²) in [7, 11) is 1.64. The van der Waals surface area contributed by atoms with Gasteiger partial charge in [-0.25, -0.2) is 4.98 Å². The molecule has 130 valence electrons. The molecule has 1 unspecified atom stereocenters. The van der Waals surface area contributed by atoms with Gasteiger partial charge >= 0.3 is 0 Å². The number of nitrogens with zero attached hydrogens (tertiary/aromatic N) is 2. The SMILES string of the molecule is CCC(COC)n1cc(C)nc(Nc2c(C)cc(C)cc2Cl)c1=O. The van der Waals surface area contributed by atoms with Gasteiger partial charge in [-0.05, 0) is 44.4 Å². The Hall–Kier alpha value is -1.85. The van der Waals surface area contributed by atoms with Crippen LogP contribution in [-0.4, -0.2) is 23.3 Å². The predicted molar refractivity (Wildman–Crippen MR) is 98.6 cm³/mol. The molecule has 0 bridgehead atoms. The highest BCUT2D eigenvalue weighted by Gasteiger charge is 2.16. The van der Waals surface area contributed by atoms with E-state index in [0.29, 0.717) is 17.3 Å². The number of methoxy groups -OCH3 is 1. The fourth-order valence-electron chi connectivity index (χ4n) is 2.77. The fraction of sp³-hybridized carbons (Fsp3) is 0.444. The van der Waals surface area contributed by atoms with Crippen LogP contribution in [0.25, 0.3) is 0 Å². The van der Waals surface area contributed by atoms with Crippen molar-refractivity contribution >= 4 is 23.1 Å². The van der Waals surface area contributed by atoms with Crippen molar-refractivity contribution in [2.24, 2.45) is 0 Å². The van der Waals surface area contributed by atoms with Gasteiger partial charge in [0.2, 0.25) is 0 Å². The zero-order valence-corrected chi connectivity index (χ0v) is 15.6. The van der Waals surface area contributed by atoms with Crippen LogP contribution in [0.3, 0.4) is 0 Å². The van der Waals surface area contributed by atoms with E-state index in [1.807, 2.05) is 39.8 Å². The molecule has 0 aliphatic heterocycles. The van der Waals surface area contributed by atoms with E-state index in [1.54, 1.807) is 17.9 Å². The fourth-order valence-corrected chi connectivity index (χ4v) is 3.14. The first-order valence-corrected chi connectivity index (χ1v) is 8.37. The first kappa shape index (κ1) is 18.5. The molecule has 24 heavy (non-hydrogen) atoms. The Kier molecular flexibility index (Phi) is 6.02. The van der Waals surface area contributed by atoms with Crippen molar-refractivity contribution in [3.8, 4) is 0 Å². The van der Waals surface area contributed by atoms with Crippen LogP contribution >= 0.6 is 11.6 Å². The first-order valence-electron chi connectivity index (χ1n) is 7.99. The van der Waals surface area contributed by atoms with Crippen LogP contribution in [0, 0.1) is 20.8 Å². The minimum absolute atomic E-state index is 0.0284. The third kappa shape index (κ3) is 3.97. The Morgan fingerprint density at radius 1 is 1.33 bits per heavy atom. The predicted octanol–water partition coefficient (Wildman–Crippen LogP) is 4.16. The lowest BCUT2D eigenvalue weighted by Crippen LogP contribution is -2.29. The number of hydrogen-bond acceptors (Lipinski definition) is 4. The Morgan fingerprint density at radius 2 is 2.04 bits per heavy atom. The standard InChI is InChI=1S/C18H24ClN3O2/c1-6-14(10-24-5)22-9-13(4)20-17(18(22)23)21-16-12(3)7-11(2)8-15(16)19/h7-9,14H,6,10H2,1-5H3,(H,20,21). The number of halogens is 1. The van der Waals surface area contributed by atoms with E-state index < -0.39 is 0 Å². The van der Waals surface area contributed by atoms with Crippen molar-refractivity contribution < 1.29 is 4.74 Å². The molecule has 1 aromatic carbocycles. The molecule has 2 aromatic rings. The molecule has 0 aliphatic carbocycles. The van der Waals surface area contributed by atoms with Crippen LogP contribution in [0.1, 0.15) is 36.2 Å². The third-order valence-electron chi connectivity index (χ3n) is 3.95. The van der Waals surface area contributed by atoms with Gasteiger partial charge in [0.05, 0.1) is 29.1 Å². The van der Waals surface area contributed by atoms with Crippen molar-refractivity contribution in [2.45, 2.75) is 40.2 Å². The number of hydrogen-bond donors (Lipinski definition) is 1. The van der Waals surface area contributed by atoms with E-state index in [0.717, 1.165) is 23.2 Å². The van der Waals surface area contributed by atoms with Crippen molar-refractivity contribution in [3.05, 3.63) is 50.5 Å². The van der Waals surface area contributed by atoms with Gasteiger partial charge in [-0.2, -0.15) is 0 Å². The summed E-state index contributed by atoms with van der Waals surface area (Å²) < 4.78 is 6.92. The molecule has 6 heteroatoms. The van der Waals surface area contributed by atoms with Crippen molar-refractivity contribution in [1.82, 2.24) is 9.55 Å². The van der Waals surface area contributed by atoms with Crippen LogP contribution in [-0.2, 0) is 4.74 Å². The summed E-state index contributed by atoms with van der Waals surface area (Å²) in [5.41, 5.74) is 3.33. The zero-order chi connectivity index (χ0) is 17.9. The molecule has 0 fully saturated rings. The van der Waals surface area contributed by atoms with Gasteiger partial charge in [-0.15, -0.1) is 0 Å². The van der Waals surface area contributed by atoms with E-state index in [9.17, 15) is 4.79 Å². The van der Waals surface area contributed by atoms with E-state index in [-0.39, 0.29) is 17.4 Å². The van der Waals surface area contributed by atoms with Gasteiger partial charge in [0.25, 0.3) is 5.56 Å². The average Bonchev–Trinajstić information content (AvgIpc) is 2.51. The smallest absolute Gasteiger partial charge is 0.294 e. The maximum Gasteiger partial charge on any atom is 0.294 e. The van der Waals surface area contributed by atoms with Gasteiger partial charge < -0.3 is 14.6 Å². The Bertz CT molecular complexity index is 763. The average molecular weight is 350 g/mol. The van der Waals surface area contributed by atoms with Crippen LogP contribution < -0.4 is 10.9 Å². The molecule has 1 heterocycles. The van der Waals surface area contributed by atoms with Gasteiger partial charge in [0.15, 0.2) is 5.82 Å². The number of ether oxygens (including phenoxy) is 1. The molecule has 0 saturated carbocycles. The van der Waals surface area contributed by atoms with Crippen LogP contribution in [0.2, 0.25) is 5.02 Å². The lowest BCUT2D eigenvalue weighted by Gasteiger charge is -2.19. The lowest BCUT2D eigenvalue weighted by molar-refractivity contribution is 0.151. The van der Waals surface area contributed by atoms with Gasteiger partial charge in [-0.1, -0.05) is 24.6 Å². The summed E-state index contributed by atoms with van der Waals surface area (Å²) in [5.74, 6) is 0.276. The van der Waals surface area contributed by atoms with Crippen molar-refractivity contribution in [2.75, 3.05) is 19.0 Å². The number of benzene rings is 1. The molecule has 1 atom stereocenters. The summed E-state index contributed by atoms with van der Waals surface area (Å²) in [6.45, 7) is 8.31. The molecule has 1 aromatic heterocycles. The van der Waals surface area contributed by atoms with Crippen LogP contribution in [0.15, 0.2) is 23.1 Å². The second-order valence-corrected chi connectivity index (χ2v) is 6.43. The molecule has 1 N–H and O–H groups in total. The van der Waals surface area contributed by atoms with E-state index in [2.05, 4.69) is 10.3 Å². The largest absolute Gasteiger partial charge is 0.383 e. The summed E-state index contributed by atoms with van der Waals surface area (Å²) in [6.07, 6.45) is 2.56. The summed E-state index contributed by atoms with van der Waals surface area (Å²) in [4.78, 5) is 17.2. The second-order valence-electron chi connectivity index (χ2n) is 6.02. The Balaban J connectivity index is 2.49. The minimum atomic E-state index is -0.180. The second kappa shape index (κ2) is 7.81. The quantitative estimate of drug-likeness (QED) is 0.850. The highest BCUT2D eigenvalue weighted by atomic mass is 35.5. The molecule has 5 nitrogen and oxygen atoms in total. The summed E-state index contributed by atoms with van der Waals surface area (Å²) in [6, 6.07) is 3.85. The first-order chi connectivity index (χ1) is 11.4. The van der Waals surface area contributed by atoms with E-state index in [4.69, 9.17) is 16.3 Å². The highest BCUT2D eigenvalue weighted by Crippen LogP contribution is 2.29. The van der Waals surface area contributed by atoms with Gasteiger partial charge in [0.1, 0.15) is 0 Å². The molecular weight excluding hydrogens is 326 g/mol. The number of aryl methyl sites for hydroxylation is 3. The van der Waals surface area contributed by atoms with Gasteiger partial charge in [0, 0.05) is 13.3 Å². The summed E-state index contributed by atoms with van der Waals surface area (Å²) in [5, 5.41) is 3.70. The molecule has 0 amide bonds. The lowest BCUT2D eigenvalue weighted by atomic mass is 10.1. The van der Waals surface area contributed by atoms with Crippen molar-refractivity contribution in [1.29, 1.82) is 0 Å². The molecule has 0 radical (unpaired) electrons. The van der Waals surface area contributed by atoms with Crippen LogP contribution in [0.4, 0.5) is 11.5 Å².